The number of aliphatic carboxylic acids is 1. The minimum atomic E-state index is -3.89. The molecule has 4 rings (SSSR count). The number of halogens is 3. The fourth-order valence-corrected chi connectivity index (χ4v) is 6.07. The van der Waals surface area contributed by atoms with Gasteiger partial charge in [0.15, 0.2) is 5.75 Å². The third kappa shape index (κ3) is 4.43. The smallest absolute Gasteiger partial charge is 0.307 e. The third-order valence-electron chi connectivity index (χ3n) is 4.66. The summed E-state index contributed by atoms with van der Waals surface area (Å²) < 4.78 is 46.4. The Kier molecular flexibility index (Phi) is 6.11. The molecule has 4 aromatic rings. The maximum absolute atomic E-state index is 13.2. The molecule has 2 N–H and O–H groups in total. The number of carboxylic acids is 1. The molecule has 0 spiro atoms. The molecule has 0 saturated heterocycles. The number of H-pyrrole nitrogens is 1. The zero-order valence-electron chi connectivity index (χ0n) is 16.1. The van der Waals surface area contributed by atoms with Crippen LogP contribution in [0.15, 0.2) is 79.5 Å². The number of hydrogen-bond donors (Lipinski definition) is 2. The van der Waals surface area contributed by atoms with E-state index in [9.17, 15) is 17.6 Å². The number of hydrogen-bond acceptors (Lipinski definition) is 4. The SMILES string of the molecule is O=C(O)Cc1cc(Br)c(Oc2ccc3[nH]cc(S(=O)(=O)c4ccc(F)cc4)c3c2)c(Br)c1. The highest BCUT2D eigenvalue weighted by molar-refractivity contribution is 9.11. The van der Waals surface area contributed by atoms with Crippen LogP contribution in [0.4, 0.5) is 4.39 Å². The summed E-state index contributed by atoms with van der Waals surface area (Å²) in [6, 6.07) is 12.9. The summed E-state index contributed by atoms with van der Waals surface area (Å²) in [7, 11) is -3.89. The van der Waals surface area contributed by atoms with Crippen molar-refractivity contribution >= 4 is 58.6 Å². The molecule has 10 heteroatoms. The lowest BCUT2D eigenvalue weighted by Gasteiger charge is -2.12. The largest absolute Gasteiger partial charge is 0.481 e. The van der Waals surface area contributed by atoms with Gasteiger partial charge in [-0.15, -0.1) is 0 Å². The van der Waals surface area contributed by atoms with Crippen LogP contribution in [0.2, 0.25) is 0 Å². The van der Waals surface area contributed by atoms with Gasteiger partial charge in [-0.3, -0.25) is 4.79 Å². The molecule has 0 fully saturated rings. The standard InChI is InChI=1S/C22H14Br2FNO5S/c23-17-7-12(9-21(27)28)8-18(24)22(17)31-14-3-6-19-16(10-14)20(11-26-19)32(29,30)15-4-1-13(25)2-5-15/h1-8,10-11,26H,9H2,(H,27,28). The monoisotopic (exact) mass is 581 g/mol. The number of sulfone groups is 1. The second kappa shape index (κ2) is 8.68. The summed E-state index contributed by atoms with van der Waals surface area (Å²) in [4.78, 5) is 13.9. The van der Waals surface area contributed by atoms with E-state index in [1.54, 1.807) is 30.3 Å². The molecule has 0 aliphatic carbocycles. The molecule has 0 saturated carbocycles. The van der Waals surface area contributed by atoms with Crippen molar-refractivity contribution in [3.05, 3.63) is 81.1 Å². The Balaban J connectivity index is 1.72. The number of ether oxygens (including phenoxy) is 1. The fraction of sp³-hybridized carbons (Fsp3) is 0.0455. The normalized spacial score (nSPS) is 11.6. The number of carbonyl (C=O) groups is 1. The predicted molar refractivity (Wildman–Crippen MR) is 123 cm³/mol. The highest BCUT2D eigenvalue weighted by atomic mass is 79.9. The predicted octanol–water partition coefficient (Wildman–Crippen LogP) is 6.08. The molecule has 6 nitrogen and oxygen atoms in total. The van der Waals surface area contributed by atoms with Crippen molar-refractivity contribution < 1.29 is 27.4 Å². The van der Waals surface area contributed by atoms with Crippen LogP contribution >= 0.6 is 31.9 Å². The lowest BCUT2D eigenvalue weighted by Crippen LogP contribution is -2.01. The van der Waals surface area contributed by atoms with E-state index in [4.69, 9.17) is 9.84 Å². The van der Waals surface area contributed by atoms with Gasteiger partial charge in [0.2, 0.25) is 9.84 Å². The molecule has 1 aromatic heterocycles. The van der Waals surface area contributed by atoms with Crippen molar-refractivity contribution in [2.45, 2.75) is 16.2 Å². The number of aromatic nitrogens is 1. The van der Waals surface area contributed by atoms with Gasteiger partial charge in [-0.1, -0.05) is 0 Å². The van der Waals surface area contributed by atoms with Crippen LogP contribution < -0.4 is 4.74 Å². The topological polar surface area (TPSA) is 96.5 Å². The molecule has 0 bridgehead atoms. The van der Waals surface area contributed by atoms with Crippen LogP contribution in [-0.4, -0.2) is 24.5 Å². The molecular formula is C22H14Br2FNO5S. The summed E-state index contributed by atoms with van der Waals surface area (Å²) >= 11 is 6.78. The van der Waals surface area contributed by atoms with Gasteiger partial charge in [0.1, 0.15) is 11.6 Å². The van der Waals surface area contributed by atoms with Crippen molar-refractivity contribution in [3.63, 3.8) is 0 Å². The second-order valence-electron chi connectivity index (χ2n) is 6.88. The van der Waals surface area contributed by atoms with Crippen LogP contribution in [0.3, 0.4) is 0 Å². The Morgan fingerprint density at radius 3 is 2.31 bits per heavy atom. The van der Waals surface area contributed by atoms with E-state index in [1.165, 1.54) is 18.3 Å². The first-order valence-electron chi connectivity index (χ1n) is 9.14. The average Bonchev–Trinajstić information content (AvgIpc) is 3.15. The molecule has 0 radical (unpaired) electrons. The number of rotatable bonds is 6. The first-order chi connectivity index (χ1) is 15.1. The molecule has 3 aromatic carbocycles. The van der Waals surface area contributed by atoms with Crippen molar-refractivity contribution in [1.29, 1.82) is 0 Å². The van der Waals surface area contributed by atoms with Gasteiger partial charge in [-0.05, 0) is 92.0 Å². The molecule has 0 aliphatic heterocycles. The first-order valence-corrected chi connectivity index (χ1v) is 12.2. The Hall–Kier alpha value is -2.69. The lowest BCUT2D eigenvalue weighted by atomic mass is 10.1. The molecular weight excluding hydrogens is 569 g/mol. The zero-order chi connectivity index (χ0) is 23.0. The summed E-state index contributed by atoms with van der Waals surface area (Å²) in [5, 5.41) is 9.41. The van der Waals surface area contributed by atoms with E-state index in [2.05, 4.69) is 36.8 Å². The van der Waals surface area contributed by atoms with Crippen LogP contribution in [0, 0.1) is 5.82 Å². The van der Waals surface area contributed by atoms with Gasteiger partial charge in [0.25, 0.3) is 0 Å². The van der Waals surface area contributed by atoms with Crippen LogP contribution in [0.5, 0.6) is 11.5 Å². The van der Waals surface area contributed by atoms with E-state index in [1.807, 2.05) is 0 Å². The van der Waals surface area contributed by atoms with E-state index < -0.39 is 21.6 Å². The van der Waals surface area contributed by atoms with E-state index in [0.29, 0.717) is 36.9 Å². The fourth-order valence-electron chi connectivity index (χ4n) is 3.21. The van der Waals surface area contributed by atoms with Gasteiger partial charge in [0, 0.05) is 17.1 Å². The molecule has 0 amide bonds. The van der Waals surface area contributed by atoms with Crippen LogP contribution in [0.25, 0.3) is 10.9 Å². The zero-order valence-corrected chi connectivity index (χ0v) is 20.1. The maximum atomic E-state index is 13.2. The lowest BCUT2D eigenvalue weighted by molar-refractivity contribution is -0.136. The number of nitrogens with one attached hydrogen (secondary N) is 1. The number of benzene rings is 3. The van der Waals surface area contributed by atoms with Crippen LogP contribution in [0.1, 0.15) is 5.56 Å². The Labute approximate surface area is 199 Å². The number of carboxylic acid groups (broad SMARTS) is 1. The van der Waals surface area contributed by atoms with Gasteiger partial charge >= 0.3 is 5.97 Å². The minimum Gasteiger partial charge on any atom is -0.481 e. The quantitative estimate of drug-likeness (QED) is 0.268. The Bertz CT molecular complexity index is 1430. The summed E-state index contributed by atoms with van der Waals surface area (Å²) in [5.41, 5.74) is 1.17. The average molecular weight is 583 g/mol. The van der Waals surface area contributed by atoms with Gasteiger partial charge < -0.3 is 14.8 Å². The first kappa shape index (κ1) is 22.5. The molecule has 0 aliphatic rings. The minimum absolute atomic E-state index is 0.0226. The summed E-state index contributed by atoms with van der Waals surface area (Å²) in [6.07, 6.45) is 1.25. The summed E-state index contributed by atoms with van der Waals surface area (Å²) in [6.45, 7) is 0. The molecule has 1 heterocycles. The van der Waals surface area contributed by atoms with E-state index in [-0.39, 0.29) is 16.2 Å². The van der Waals surface area contributed by atoms with Gasteiger partial charge in [0.05, 0.1) is 25.2 Å². The van der Waals surface area contributed by atoms with Crippen molar-refractivity contribution in [3.8, 4) is 11.5 Å². The van der Waals surface area contributed by atoms with Crippen molar-refractivity contribution in [1.82, 2.24) is 4.98 Å². The molecule has 0 unspecified atom stereocenters. The highest BCUT2D eigenvalue weighted by Gasteiger charge is 2.22. The van der Waals surface area contributed by atoms with Gasteiger partial charge in [-0.25, -0.2) is 12.8 Å². The second-order valence-corrected chi connectivity index (χ2v) is 10.5. The maximum Gasteiger partial charge on any atom is 0.307 e. The number of aromatic amines is 1. The van der Waals surface area contributed by atoms with Crippen molar-refractivity contribution in [2.75, 3.05) is 0 Å². The third-order valence-corrected chi connectivity index (χ3v) is 7.65. The van der Waals surface area contributed by atoms with E-state index >= 15 is 0 Å². The Morgan fingerprint density at radius 1 is 1.03 bits per heavy atom. The van der Waals surface area contributed by atoms with E-state index in [0.717, 1.165) is 12.1 Å². The molecule has 32 heavy (non-hydrogen) atoms. The summed E-state index contributed by atoms with van der Waals surface area (Å²) in [5.74, 6) is -0.689. The number of fused-ring (bicyclic) bond motifs is 1. The highest BCUT2D eigenvalue weighted by Crippen LogP contribution is 2.39. The van der Waals surface area contributed by atoms with Gasteiger partial charge in [-0.2, -0.15) is 0 Å². The Morgan fingerprint density at radius 2 is 1.69 bits per heavy atom. The van der Waals surface area contributed by atoms with Crippen LogP contribution in [-0.2, 0) is 21.1 Å². The molecule has 0 atom stereocenters. The molecule has 164 valence electrons. The van der Waals surface area contributed by atoms with Crippen molar-refractivity contribution in [2.24, 2.45) is 0 Å².